The van der Waals surface area contributed by atoms with E-state index in [1.807, 2.05) is 17.5 Å². The normalized spacial score (nSPS) is 11.8. The van der Waals surface area contributed by atoms with Crippen molar-refractivity contribution in [2.45, 2.75) is 13.0 Å². The number of carbonyl (C=O) groups excluding carboxylic acids is 2. The molecule has 1 amide bonds. The van der Waals surface area contributed by atoms with Gasteiger partial charge in [0.05, 0.1) is 6.04 Å². The van der Waals surface area contributed by atoms with E-state index in [4.69, 9.17) is 0 Å². The third-order valence-electron chi connectivity index (χ3n) is 2.85. The van der Waals surface area contributed by atoms with E-state index in [9.17, 15) is 18.4 Å². The highest BCUT2D eigenvalue weighted by atomic mass is 32.1. The summed E-state index contributed by atoms with van der Waals surface area (Å²) in [4.78, 5) is 24.3. The first-order valence-electron chi connectivity index (χ1n) is 6.43. The Morgan fingerprint density at radius 1 is 1.23 bits per heavy atom. The van der Waals surface area contributed by atoms with Crippen LogP contribution in [0.2, 0.25) is 0 Å². The van der Waals surface area contributed by atoms with Crippen LogP contribution in [0, 0.1) is 11.6 Å². The van der Waals surface area contributed by atoms with Gasteiger partial charge in [0.2, 0.25) is 0 Å². The van der Waals surface area contributed by atoms with Crippen molar-refractivity contribution < 1.29 is 23.1 Å². The predicted octanol–water partition coefficient (Wildman–Crippen LogP) is 3.06. The summed E-state index contributed by atoms with van der Waals surface area (Å²) in [6.45, 7) is 1.17. The van der Waals surface area contributed by atoms with Gasteiger partial charge in [-0.3, -0.25) is 4.79 Å². The third kappa shape index (κ3) is 3.88. The van der Waals surface area contributed by atoms with Crippen molar-refractivity contribution >= 4 is 23.2 Å². The van der Waals surface area contributed by atoms with Gasteiger partial charge in [-0.25, -0.2) is 13.6 Å². The van der Waals surface area contributed by atoms with Crippen LogP contribution in [0.5, 0.6) is 0 Å². The van der Waals surface area contributed by atoms with Gasteiger partial charge in [-0.15, -0.1) is 11.3 Å². The number of hydrogen-bond donors (Lipinski definition) is 1. The summed E-state index contributed by atoms with van der Waals surface area (Å²) < 4.78 is 31.4. The monoisotopic (exact) mass is 325 g/mol. The van der Waals surface area contributed by atoms with Crippen molar-refractivity contribution in [3.63, 3.8) is 0 Å². The van der Waals surface area contributed by atoms with Crippen LogP contribution in [-0.4, -0.2) is 18.5 Å². The Morgan fingerprint density at radius 2 is 1.91 bits per heavy atom. The van der Waals surface area contributed by atoms with E-state index in [-0.39, 0.29) is 6.04 Å². The van der Waals surface area contributed by atoms with Gasteiger partial charge >= 0.3 is 5.97 Å². The molecule has 0 aliphatic rings. The minimum Gasteiger partial charge on any atom is -0.452 e. The van der Waals surface area contributed by atoms with Gasteiger partial charge in [0.25, 0.3) is 5.91 Å². The fourth-order valence-corrected chi connectivity index (χ4v) is 2.52. The van der Waals surface area contributed by atoms with E-state index in [0.29, 0.717) is 0 Å². The zero-order valence-corrected chi connectivity index (χ0v) is 12.5. The van der Waals surface area contributed by atoms with Crippen molar-refractivity contribution in [1.82, 2.24) is 5.32 Å². The Kier molecular flexibility index (Phi) is 5.21. The van der Waals surface area contributed by atoms with E-state index in [1.54, 1.807) is 6.92 Å². The zero-order valence-electron chi connectivity index (χ0n) is 11.6. The van der Waals surface area contributed by atoms with Crippen LogP contribution >= 0.6 is 11.3 Å². The minimum absolute atomic E-state index is 0.239. The lowest BCUT2D eigenvalue weighted by molar-refractivity contribution is -0.124. The number of esters is 1. The molecule has 2 aromatic rings. The standard InChI is InChI=1S/C15H13F2NO3S/c1-9(12-6-3-7-22-12)18-13(19)8-21-15(20)14-10(16)4-2-5-11(14)17/h2-7,9H,8H2,1H3,(H,18,19). The molecule has 7 heteroatoms. The summed E-state index contributed by atoms with van der Waals surface area (Å²) in [5.41, 5.74) is -0.804. The molecule has 0 aliphatic carbocycles. The minimum atomic E-state index is -1.21. The Balaban J connectivity index is 1.90. The van der Waals surface area contributed by atoms with Gasteiger partial charge < -0.3 is 10.1 Å². The molecule has 1 aromatic heterocycles. The van der Waals surface area contributed by atoms with Crippen molar-refractivity contribution in [3.05, 3.63) is 57.8 Å². The van der Waals surface area contributed by atoms with Gasteiger partial charge in [0.1, 0.15) is 17.2 Å². The molecule has 0 aliphatic heterocycles. The highest BCUT2D eigenvalue weighted by molar-refractivity contribution is 7.10. The Hall–Kier alpha value is -2.28. The molecule has 0 radical (unpaired) electrons. The molecule has 0 saturated heterocycles. The zero-order chi connectivity index (χ0) is 16.1. The topological polar surface area (TPSA) is 55.4 Å². The Labute approximate surface area is 129 Å². The first-order chi connectivity index (χ1) is 10.5. The van der Waals surface area contributed by atoms with Crippen molar-refractivity contribution in [2.75, 3.05) is 6.61 Å². The number of carbonyl (C=O) groups is 2. The predicted molar refractivity (Wildman–Crippen MR) is 77.5 cm³/mol. The fourth-order valence-electron chi connectivity index (χ4n) is 1.79. The molecule has 22 heavy (non-hydrogen) atoms. The van der Waals surface area contributed by atoms with Crippen molar-refractivity contribution in [2.24, 2.45) is 0 Å². The lowest BCUT2D eigenvalue weighted by Crippen LogP contribution is -2.31. The molecule has 4 nitrogen and oxygen atoms in total. The second kappa shape index (κ2) is 7.13. The quantitative estimate of drug-likeness (QED) is 0.860. The van der Waals surface area contributed by atoms with Crippen LogP contribution in [0.25, 0.3) is 0 Å². The molecule has 0 fully saturated rings. The molecule has 0 spiro atoms. The average molecular weight is 325 g/mol. The molecule has 2 rings (SSSR count). The maximum atomic E-state index is 13.4. The third-order valence-corrected chi connectivity index (χ3v) is 3.90. The lowest BCUT2D eigenvalue weighted by atomic mass is 10.2. The van der Waals surface area contributed by atoms with Crippen LogP contribution in [0.4, 0.5) is 8.78 Å². The number of halogens is 2. The molecule has 116 valence electrons. The average Bonchev–Trinajstić information content (AvgIpc) is 2.99. The van der Waals surface area contributed by atoms with Gasteiger partial charge in [-0.05, 0) is 30.5 Å². The van der Waals surface area contributed by atoms with Crippen LogP contribution in [0.3, 0.4) is 0 Å². The molecular formula is C15H13F2NO3S. The van der Waals surface area contributed by atoms with Gasteiger partial charge in [-0.1, -0.05) is 12.1 Å². The van der Waals surface area contributed by atoms with E-state index in [0.717, 1.165) is 23.1 Å². The van der Waals surface area contributed by atoms with Crippen LogP contribution in [-0.2, 0) is 9.53 Å². The molecule has 1 unspecified atom stereocenters. The molecule has 1 aromatic carbocycles. The molecule has 1 heterocycles. The molecule has 1 N–H and O–H groups in total. The molecule has 1 atom stereocenters. The number of thiophene rings is 1. The molecule has 0 bridgehead atoms. The van der Waals surface area contributed by atoms with Crippen molar-refractivity contribution in [1.29, 1.82) is 0 Å². The van der Waals surface area contributed by atoms with Gasteiger partial charge in [-0.2, -0.15) is 0 Å². The number of nitrogens with one attached hydrogen (secondary N) is 1. The Bertz CT molecular complexity index is 653. The summed E-state index contributed by atoms with van der Waals surface area (Å²) in [6, 6.07) is 6.49. The highest BCUT2D eigenvalue weighted by Gasteiger charge is 2.20. The number of ether oxygens (including phenoxy) is 1. The fraction of sp³-hybridized carbons (Fsp3) is 0.200. The first kappa shape index (κ1) is 16.1. The number of rotatable bonds is 5. The van der Waals surface area contributed by atoms with Crippen LogP contribution in [0.15, 0.2) is 35.7 Å². The number of benzene rings is 1. The van der Waals surface area contributed by atoms with Crippen LogP contribution in [0.1, 0.15) is 28.2 Å². The highest BCUT2D eigenvalue weighted by Crippen LogP contribution is 2.18. The smallest absolute Gasteiger partial charge is 0.344 e. The first-order valence-corrected chi connectivity index (χ1v) is 7.31. The number of amides is 1. The van der Waals surface area contributed by atoms with E-state index >= 15 is 0 Å². The van der Waals surface area contributed by atoms with Gasteiger partial charge in [0.15, 0.2) is 6.61 Å². The lowest BCUT2D eigenvalue weighted by Gasteiger charge is -2.12. The summed E-state index contributed by atoms with van der Waals surface area (Å²) in [5, 5.41) is 4.50. The van der Waals surface area contributed by atoms with E-state index < -0.39 is 35.7 Å². The second-order valence-corrected chi connectivity index (χ2v) is 5.46. The maximum Gasteiger partial charge on any atom is 0.344 e. The Morgan fingerprint density at radius 3 is 2.50 bits per heavy atom. The van der Waals surface area contributed by atoms with Gasteiger partial charge in [0, 0.05) is 4.88 Å². The van der Waals surface area contributed by atoms with E-state index in [1.165, 1.54) is 11.3 Å². The number of hydrogen-bond acceptors (Lipinski definition) is 4. The summed E-state index contributed by atoms with van der Waals surface area (Å²) in [6.07, 6.45) is 0. The SMILES string of the molecule is CC(NC(=O)COC(=O)c1c(F)cccc1F)c1cccs1. The maximum absolute atomic E-state index is 13.4. The molecular weight excluding hydrogens is 312 g/mol. The van der Waals surface area contributed by atoms with E-state index in [2.05, 4.69) is 10.1 Å². The molecule has 0 saturated carbocycles. The van der Waals surface area contributed by atoms with Crippen molar-refractivity contribution in [3.8, 4) is 0 Å². The largest absolute Gasteiger partial charge is 0.452 e. The summed E-state index contributed by atoms with van der Waals surface area (Å²) in [7, 11) is 0. The summed E-state index contributed by atoms with van der Waals surface area (Å²) >= 11 is 1.48. The summed E-state index contributed by atoms with van der Waals surface area (Å²) in [5.74, 6) is -3.82. The second-order valence-electron chi connectivity index (χ2n) is 4.48. The van der Waals surface area contributed by atoms with Crippen LogP contribution < -0.4 is 5.32 Å².